The number of rotatable bonds is 8. The SMILES string of the molecule is CSCCC(NS(=O)(=O)Cc1ccccc1)C(N)=O. The molecular weight excluding hydrogens is 284 g/mol. The van der Waals surface area contributed by atoms with Gasteiger partial charge in [0.15, 0.2) is 0 Å². The number of nitrogens with one attached hydrogen (secondary N) is 1. The number of carbonyl (C=O) groups is 1. The summed E-state index contributed by atoms with van der Waals surface area (Å²) in [4.78, 5) is 11.2. The molecule has 0 saturated carbocycles. The molecule has 3 N–H and O–H groups in total. The fraction of sp³-hybridized carbons (Fsp3) is 0.417. The Morgan fingerprint density at radius 3 is 2.53 bits per heavy atom. The van der Waals surface area contributed by atoms with Crippen molar-refractivity contribution in [3.63, 3.8) is 0 Å². The minimum atomic E-state index is -3.57. The van der Waals surface area contributed by atoms with E-state index in [9.17, 15) is 13.2 Å². The van der Waals surface area contributed by atoms with Crippen molar-refractivity contribution in [3.05, 3.63) is 35.9 Å². The first-order valence-electron chi connectivity index (χ1n) is 5.77. The smallest absolute Gasteiger partial charge is 0.235 e. The molecule has 1 aromatic rings. The van der Waals surface area contributed by atoms with Crippen LogP contribution in [0, 0.1) is 0 Å². The highest BCUT2D eigenvalue weighted by atomic mass is 32.2. The molecule has 106 valence electrons. The lowest BCUT2D eigenvalue weighted by Crippen LogP contribution is -2.45. The summed E-state index contributed by atoms with van der Waals surface area (Å²) in [5.74, 6) is -0.135. The van der Waals surface area contributed by atoms with E-state index in [1.165, 1.54) is 11.8 Å². The van der Waals surface area contributed by atoms with Gasteiger partial charge in [0.05, 0.1) is 5.75 Å². The summed E-state index contributed by atoms with van der Waals surface area (Å²) < 4.78 is 26.3. The molecule has 0 spiro atoms. The first-order valence-corrected chi connectivity index (χ1v) is 8.81. The van der Waals surface area contributed by atoms with E-state index in [1.807, 2.05) is 12.3 Å². The first kappa shape index (κ1) is 16.0. The molecule has 1 aromatic carbocycles. The summed E-state index contributed by atoms with van der Waals surface area (Å²) in [6.07, 6.45) is 2.28. The zero-order valence-electron chi connectivity index (χ0n) is 10.7. The van der Waals surface area contributed by atoms with Crippen molar-refractivity contribution in [3.8, 4) is 0 Å². The van der Waals surface area contributed by atoms with Gasteiger partial charge in [-0.25, -0.2) is 13.1 Å². The van der Waals surface area contributed by atoms with Gasteiger partial charge in [0.1, 0.15) is 6.04 Å². The second-order valence-corrected chi connectivity index (χ2v) is 6.84. The quantitative estimate of drug-likeness (QED) is 0.740. The van der Waals surface area contributed by atoms with Crippen LogP contribution in [-0.4, -0.2) is 32.4 Å². The highest BCUT2D eigenvalue weighted by molar-refractivity contribution is 7.98. The van der Waals surface area contributed by atoms with Gasteiger partial charge in [0.2, 0.25) is 15.9 Å². The summed E-state index contributed by atoms with van der Waals surface area (Å²) in [6, 6.07) is 7.95. The van der Waals surface area contributed by atoms with Crippen molar-refractivity contribution < 1.29 is 13.2 Å². The summed E-state index contributed by atoms with van der Waals surface area (Å²) in [5.41, 5.74) is 5.87. The van der Waals surface area contributed by atoms with Crippen LogP contribution in [0.5, 0.6) is 0 Å². The van der Waals surface area contributed by atoms with Crippen LogP contribution in [0.4, 0.5) is 0 Å². The predicted molar refractivity (Wildman–Crippen MR) is 78.2 cm³/mol. The van der Waals surface area contributed by atoms with E-state index >= 15 is 0 Å². The van der Waals surface area contributed by atoms with Gasteiger partial charge >= 0.3 is 0 Å². The second kappa shape index (κ2) is 7.52. The van der Waals surface area contributed by atoms with Crippen LogP contribution in [0.2, 0.25) is 0 Å². The molecule has 1 amide bonds. The van der Waals surface area contributed by atoms with Gasteiger partial charge in [-0.1, -0.05) is 30.3 Å². The molecule has 19 heavy (non-hydrogen) atoms. The number of primary amides is 1. The Morgan fingerprint density at radius 2 is 2.00 bits per heavy atom. The number of benzene rings is 1. The van der Waals surface area contributed by atoms with Crippen molar-refractivity contribution in [1.82, 2.24) is 4.72 Å². The van der Waals surface area contributed by atoms with Gasteiger partial charge in [-0.15, -0.1) is 0 Å². The largest absolute Gasteiger partial charge is 0.368 e. The van der Waals surface area contributed by atoms with Gasteiger partial charge in [0.25, 0.3) is 0 Å². The standard InChI is InChI=1S/C12H18N2O3S2/c1-18-8-7-11(12(13)15)14-19(16,17)9-10-5-3-2-4-6-10/h2-6,11,14H,7-9H2,1H3,(H2,13,15). The van der Waals surface area contributed by atoms with Crippen LogP contribution in [-0.2, 0) is 20.6 Å². The highest BCUT2D eigenvalue weighted by Crippen LogP contribution is 2.07. The topological polar surface area (TPSA) is 89.3 Å². The lowest BCUT2D eigenvalue weighted by molar-refractivity contribution is -0.119. The first-order chi connectivity index (χ1) is 8.94. The Bertz CT molecular complexity index is 503. The van der Waals surface area contributed by atoms with Gasteiger partial charge in [-0.05, 0) is 24.0 Å². The molecule has 0 fully saturated rings. The zero-order valence-corrected chi connectivity index (χ0v) is 12.3. The average molecular weight is 302 g/mol. The van der Waals surface area contributed by atoms with Crippen LogP contribution in [0.1, 0.15) is 12.0 Å². The molecule has 5 nitrogen and oxygen atoms in total. The van der Waals surface area contributed by atoms with Crippen molar-refractivity contribution in [2.24, 2.45) is 5.73 Å². The van der Waals surface area contributed by atoms with Gasteiger partial charge < -0.3 is 5.73 Å². The normalized spacial score (nSPS) is 13.1. The summed E-state index contributed by atoms with van der Waals surface area (Å²) >= 11 is 1.53. The number of carbonyl (C=O) groups excluding carboxylic acids is 1. The van der Waals surface area contributed by atoms with Crippen LogP contribution in [0.15, 0.2) is 30.3 Å². The molecular formula is C12H18N2O3S2. The number of amides is 1. The molecule has 0 aliphatic heterocycles. The molecule has 0 bridgehead atoms. The monoisotopic (exact) mass is 302 g/mol. The van der Waals surface area contributed by atoms with E-state index in [-0.39, 0.29) is 5.75 Å². The molecule has 0 aliphatic rings. The number of sulfonamides is 1. The molecule has 0 aliphatic carbocycles. The Kier molecular flexibility index (Phi) is 6.33. The van der Waals surface area contributed by atoms with Gasteiger partial charge in [0, 0.05) is 0 Å². The van der Waals surface area contributed by atoms with E-state index in [1.54, 1.807) is 24.3 Å². The van der Waals surface area contributed by atoms with Gasteiger partial charge in [-0.2, -0.15) is 11.8 Å². The third-order valence-corrected chi connectivity index (χ3v) is 4.48. The highest BCUT2D eigenvalue weighted by Gasteiger charge is 2.22. The second-order valence-electron chi connectivity index (χ2n) is 4.10. The fourth-order valence-electron chi connectivity index (χ4n) is 1.55. The number of nitrogens with two attached hydrogens (primary N) is 1. The Hall–Kier alpha value is -1.05. The van der Waals surface area contributed by atoms with Crippen LogP contribution < -0.4 is 10.5 Å². The van der Waals surface area contributed by atoms with Crippen LogP contribution >= 0.6 is 11.8 Å². The molecule has 1 rings (SSSR count). The molecule has 0 heterocycles. The Labute approximate surface area is 118 Å². The predicted octanol–water partition coefficient (Wildman–Crippen LogP) is 0.713. The molecule has 1 unspecified atom stereocenters. The van der Waals surface area contributed by atoms with E-state index in [0.29, 0.717) is 17.7 Å². The molecule has 0 saturated heterocycles. The maximum absolute atomic E-state index is 12.0. The third kappa shape index (κ3) is 6.09. The molecule has 7 heteroatoms. The van der Waals surface area contributed by atoms with Crippen LogP contribution in [0.3, 0.4) is 0 Å². The van der Waals surface area contributed by atoms with E-state index in [0.717, 1.165) is 0 Å². The number of hydrogen-bond donors (Lipinski definition) is 2. The minimum absolute atomic E-state index is 0.156. The van der Waals surface area contributed by atoms with E-state index in [2.05, 4.69) is 4.72 Å². The summed E-state index contributed by atoms with van der Waals surface area (Å²) in [7, 11) is -3.57. The molecule has 1 atom stereocenters. The van der Waals surface area contributed by atoms with Gasteiger partial charge in [-0.3, -0.25) is 4.79 Å². The molecule has 0 aromatic heterocycles. The third-order valence-electron chi connectivity index (χ3n) is 2.48. The van der Waals surface area contributed by atoms with Crippen molar-refractivity contribution in [2.45, 2.75) is 18.2 Å². The maximum Gasteiger partial charge on any atom is 0.235 e. The maximum atomic E-state index is 12.0. The number of thioether (sulfide) groups is 1. The minimum Gasteiger partial charge on any atom is -0.368 e. The average Bonchev–Trinajstić information content (AvgIpc) is 2.34. The fourth-order valence-corrected chi connectivity index (χ4v) is 3.40. The zero-order chi connectivity index (χ0) is 14.3. The lowest BCUT2D eigenvalue weighted by Gasteiger charge is -2.15. The van der Waals surface area contributed by atoms with E-state index in [4.69, 9.17) is 5.73 Å². The van der Waals surface area contributed by atoms with Crippen LogP contribution in [0.25, 0.3) is 0 Å². The number of hydrogen-bond acceptors (Lipinski definition) is 4. The molecule has 0 radical (unpaired) electrons. The summed E-state index contributed by atoms with van der Waals surface area (Å²) in [6.45, 7) is 0. The van der Waals surface area contributed by atoms with Crippen molar-refractivity contribution >= 4 is 27.7 Å². The van der Waals surface area contributed by atoms with E-state index < -0.39 is 22.0 Å². The van der Waals surface area contributed by atoms with Crippen molar-refractivity contribution in [1.29, 1.82) is 0 Å². The van der Waals surface area contributed by atoms with Crippen molar-refractivity contribution in [2.75, 3.05) is 12.0 Å². The Morgan fingerprint density at radius 1 is 1.37 bits per heavy atom. The lowest BCUT2D eigenvalue weighted by atomic mass is 10.2. The summed E-state index contributed by atoms with van der Waals surface area (Å²) in [5, 5.41) is 0. The Balaban J connectivity index is 2.69.